The molecule has 0 aliphatic rings. The standard InChI is InChI=1S/C22H26N6O2.C2H6/c1-3-16(15-24-2)26-20-13-14-25-22(23)21(20)28(27-29)17-9-11-19(12-10-17)30-18-7-5-4-6-8-18;1-2/h4-14,16,24H,3,15H2,1-2H3,(H3,23,25,26);1-2H3. The Labute approximate surface area is 189 Å². The zero-order chi connectivity index (χ0) is 23.3. The van der Waals surface area contributed by atoms with Gasteiger partial charge in [0.05, 0.1) is 16.7 Å². The van der Waals surface area contributed by atoms with Gasteiger partial charge in [-0.1, -0.05) is 39.0 Å². The van der Waals surface area contributed by atoms with E-state index in [9.17, 15) is 4.91 Å². The number of nitrogen functional groups attached to an aromatic ring is 1. The molecule has 8 heteroatoms. The fourth-order valence-corrected chi connectivity index (χ4v) is 3.07. The van der Waals surface area contributed by atoms with E-state index in [4.69, 9.17) is 10.5 Å². The molecule has 2 aromatic carbocycles. The van der Waals surface area contributed by atoms with Crippen LogP contribution in [0.4, 0.5) is 22.9 Å². The highest BCUT2D eigenvalue weighted by Crippen LogP contribution is 2.37. The van der Waals surface area contributed by atoms with Crippen LogP contribution in [0.5, 0.6) is 11.5 Å². The Hall–Kier alpha value is -3.65. The third-order valence-corrected chi connectivity index (χ3v) is 4.61. The fourth-order valence-electron chi connectivity index (χ4n) is 3.07. The lowest BCUT2D eigenvalue weighted by Gasteiger charge is -2.24. The Morgan fingerprint density at radius 1 is 1.06 bits per heavy atom. The second-order valence-corrected chi connectivity index (χ2v) is 6.70. The van der Waals surface area contributed by atoms with E-state index in [0.29, 0.717) is 22.8 Å². The Bertz CT molecular complexity index is 950. The Morgan fingerprint density at radius 3 is 2.31 bits per heavy atom. The predicted molar refractivity (Wildman–Crippen MR) is 133 cm³/mol. The number of pyridine rings is 1. The molecule has 0 aliphatic carbocycles. The first-order chi connectivity index (χ1) is 15.7. The highest BCUT2D eigenvalue weighted by Gasteiger charge is 2.20. The maximum Gasteiger partial charge on any atom is 0.151 e. The zero-order valence-electron chi connectivity index (χ0n) is 19.1. The Kier molecular flexibility index (Phi) is 9.93. The molecule has 1 heterocycles. The quantitative estimate of drug-likeness (QED) is 0.276. The first kappa shape index (κ1) is 24.6. The van der Waals surface area contributed by atoms with Crippen LogP contribution in [-0.2, 0) is 0 Å². The van der Waals surface area contributed by atoms with E-state index in [1.54, 1.807) is 36.5 Å². The van der Waals surface area contributed by atoms with E-state index in [2.05, 4.69) is 27.8 Å². The van der Waals surface area contributed by atoms with Gasteiger partial charge in [-0.05, 0) is 55.9 Å². The molecule has 0 aliphatic heterocycles. The van der Waals surface area contributed by atoms with Crippen LogP contribution in [-0.4, -0.2) is 24.6 Å². The van der Waals surface area contributed by atoms with Crippen molar-refractivity contribution in [3.8, 4) is 11.5 Å². The summed E-state index contributed by atoms with van der Waals surface area (Å²) in [6.07, 6.45) is 2.50. The lowest BCUT2D eigenvalue weighted by molar-refractivity contribution is 0.483. The third-order valence-electron chi connectivity index (χ3n) is 4.61. The number of nitroso groups, excluding NO2 is 1. The maximum atomic E-state index is 11.8. The molecule has 170 valence electrons. The molecule has 0 amide bonds. The van der Waals surface area contributed by atoms with Gasteiger partial charge in [0.2, 0.25) is 0 Å². The number of nitrogens with zero attached hydrogens (tertiary/aromatic N) is 3. The van der Waals surface area contributed by atoms with Gasteiger partial charge >= 0.3 is 0 Å². The minimum Gasteiger partial charge on any atom is -0.457 e. The number of anilines is 4. The summed E-state index contributed by atoms with van der Waals surface area (Å²) in [5.41, 5.74) is 7.78. The van der Waals surface area contributed by atoms with E-state index in [1.165, 1.54) is 5.01 Å². The molecule has 32 heavy (non-hydrogen) atoms. The van der Waals surface area contributed by atoms with Crippen LogP contribution in [0.25, 0.3) is 0 Å². The molecular formula is C24H32N6O2. The highest BCUT2D eigenvalue weighted by molar-refractivity contribution is 5.84. The lowest BCUT2D eigenvalue weighted by atomic mass is 10.2. The number of nitrogens with one attached hydrogen (secondary N) is 2. The van der Waals surface area contributed by atoms with E-state index in [0.717, 1.165) is 18.7 Å². The van der Waals surface area contributed by atoms with Crippen molar-refractivity contribution in [3.63, 3.8) is 0 Å². The van der Waals surface area contributed by atoms with Gasteiger partial charge in [-0.15, -0.1) is 4.91 Å². The smallest absolute Gasteiger partial charge is 0.151 e. The van der Waals surface area contributed by atoms with Crippen LogP contribution in [0, 0.1) is 4.91 Å². The van der Waals surface area contributed by atoms with Gasteiger partial charge in [0, 0.05) is 18.8 Å². The summed E-state index contributed by atoms with van der Waals surface area (Å²) in [6, 6.07) is 18.5. The summed E-state index contributed by atoms with van der Waals surface area (Å²) in [7, 11) is 1.89. The number of benzene rings is 2. The van der Waals surface area contributed by atoms with Gasteiger partial charge in [0.15, 0.2) is 5.82 Å². The van der Waals surface area contributed by atoms with Gasteiger partial charge in [-0.2, -0.15) is 5.01 Å². The van der Waals surface area contributed by atoms with Crippen LogP contribution in [0.3, 0.4) is 0 Å². The summed E-state index contributed by atoms with van der Waals surface area (Å²) in [5.74, 6) is 1.59. The van der Waals surface area contributed by atoms with Crippen LogP contribution in [0.1, 0.15) is 27.2 Å². The van der Waals surface area contributed by atoms with Crippen LogP contribution >= 0.6 is 0 Å². The normalized spacial score (nSPS) is 11.0. The maximum absolute atomic E-state index is 11.8. The average molecular weight is 437 g/mol. The molecule has 0 radical (unpaired) electrons. The van der Waals surface area contributed by atoms with Crippen molar-refractivity contribution in [2.24, 2.45) is 5.29 Å². The SMILES string of the molecule is CC.CCC(CNC)Nc1ccnc(N)c1N(N=O)c1ccc(Oc2ccccc2)cc1. The molecule has 8 nitrogen and oxygen atoms in total. The van der Waals surface area contributed by atoms with Gasteiger partial charge in [0.25, 0.3) is 0 Å². The first-order valence-corrected chi connectivity index (χ1v) is 10.8. The van der Waals surface area contributed by atoms with Gasteiger partial charge < -0.3 is 21.1 Å². The largest absolute Gasteiger partial charge is 0.457 e. The van der Waals surface area contributed by atoms with Crippen molar-refractivity contribution in [1.82, 2.24) is 10.3 Å². The third kappa shape index (κ3) is 6.42. The molecule has 1 aromatic heterocycles. The van der Waals surface area contributed by atoms with Gasteiger partial charge in [-0.25, -0.2) is 4.98 Å². The second-order valence-electron chi connectivity index (χ2n) is 6.70. The summed E-state index contributed by atoms with van der Waals surface area (Å²) in [5, 5.41) is 11.0. The van der Waals surface area contributed by atoms with Crippen molar-refractivity contribution in [2.45, 2.75) is 33.2 Å². The number of nitrogens with two attached hydrogens (primary N) is 1. The monoisotopic (exact) mass is 436 g/mol. The Balaban J connectivity index is 0.00000176. The lowest BCUT2D eigenvalue weighted by Crippen LogP contribution is -2.31. The number of hydrogen-bond donors (Lipinski definition) is 3. The van der Waals surface area contributed by atoms with Crippen molar-refractivity contribution >= 4 is 22.9 Å². The number of para-hydroxylation sites is 1. The molecule has 0 saturated heterocycles. The summed E-state index contributed by atoms with van der Waals surface area (Å²) in [6.45, 7) is 6.85. The Morgan fingerprint density at radius 2 is 1.72 bits per heavy atom. The summed E-state index contributed by atoms with van der Waals surface area (Å²) < 4.78 is 5.81. The molecule has 0 fully saturated rings. The molecule has 4 N–H and O–H groups in total. The van der Waals surface area contributed by atoms with E-state index in [-0.39, 0.29) is 11.9 Å². The van der Waals surface area contributed by atoms with Crippen LogP contribution in [0.2, 0.25) is 0 Å². The van der Waals surface area contributed by atoms with Gasteiger partial charge in [-0.3, -0.25) is 0 Å². The number of hydrogen-bond acceptors (Lipinski definition) is 7. The molecule has 0 bridgehead atoms. The summed E-state index contributed by atoms with van der Waals surface area (Å²) >= 11 is 0. The first-order valence-electron chi connectivity index (χ1n) is 10.8. The van der Waals surface area contributed by atoms with E-state index < -0.39 is 0 Å². The minimum absolute atomic E-state index is 0.158. The number of likely N-dealkylation sites (N-methyl/N-ethyl adjacent to an activating group) is 1. The molecule has 3 aromatic rings. The van der Waals surface area contributed by atoms with E-state index >= 15 is 0 Å². The van der Waals surface area contributed by atoms with Crippen molar-refractivity contribution < 1.29 is 4.74 Å². The molecule has 1 atom stereocenters. The molecular weight excluding hydrogens is 404 g/mol. The fraction of sp³-hybridized carbons (Fsp3) is 0.292. The summed E-state index contributed by atoms with van der Waals surface area (Å²) in [4.78, 5) is 15.9. The van der Waals surface area contributed by atoms with Crippen molar-refractivity contribution in [2.75, 3.05) is 29.7 Å². The van der Waals surface area contributed by atoms with Gasteiger partial charge in [0.1, 0.15) is 17.2 Å². The average Bonchev–Trinajstić information content (AvgIpc) is 2.83. The van der Waals surface area contributed by atoms with E-state index in [1.807, 2.05) is 51.2 Å². The van der Waals surface area contributed by atoms with Crippen molar-refractivity contribution in [3.05, 3.63) is 71.8 Å². The molecule has 0 spiro atoms. The molecule has 1 unspecified atom stereocenters. The topological polar surface area (TPSA) is 105 Å². The van der Waals surface area contributed by atoms with Crippen LogP contribution < -0.4 is 26.1 Å². The minimum atomic E-state index is 0.158. The van der Waals surface area contributed by atoms with Crippen LogP contribution in [0.15, 0.2) is 72.1 Å². The molecule has 3 rings (SSSR count). The second kappa shape index (κ2) is 12.9. The number of ether oxygens (including phenoxy) is 1. The number of rotatable bonds is 10. The number of aromatic nitrogens is 1. The molecule has 0 saturated carbocycles. The zero-order valence-corrected chi connectivity index (χ0v) is 19.1. The highest BCUT2D eigenvalue weighted by atomic mass is 16.5. The predicted octanol–water partition coefficient (Wildman–Crippen LogP) is 5.71. The van der Waals surface area contributed by atoms with Crippen molar-refractivity contribution in [1.29, 1.82) is 0 Å².